The Morgan fingerprint density at radius 3 is 2.37 bits per heavy atom. The third-order valence-electron chi connectivity index (χ3n) is 4.50. The van der Waals surface area contributed by atoms with Gasteiger partial charge in [0.05, 0.1) is 15.7 Å². The monoisotopic (exact) mass is 443 g/mol. The third kappa shape index (κ3) is 4.31. The highest BCUT2D eigenvalue weighted by molar-refractivity contribution is 7.92. The second-order valence-electron chi connectivity index (χ2n) is 6.58. The summed E-state index contributed by atoms with van der Waals surface area (Å²) in [5, 5.41) is 4.59. The highest BCUT2D eigenvalue weighted by Gasteiger charge is 2.36. The summed E-state index contributed by atoms with van der Waals surface area (Å²) in [4.78, 5) is 34.5. The quantitative estimate of drug-likeness (QED) is 0.601. The zero-order chi connectivity index (χ0) is 21.1. The number of nitrogens with zero attached hydrogens (tertiary/aromatic N) is 3. The molecule has 2 aromatic heterocycles. The fourth-order valence-electron chi connectivity index (χ4n) is 2.86. The molecule has 0 spiro atoms. The number of likely N-dealkylation sites (tertiary alicyclic amines) is 1. The van der Waals surface area contributed by atoms with Crippen LogP contribution in [0.25, 0.3) is 0 Å². The second-order valence-corrected chi connectivity index (χ2v) is 9.21. The first-order chi connectivity index (χ1) is 14.4. The van der Waals surface area contributed by atoms with E-state index in [9.17, 15) is 18.0 Å². The molecular weight excluding hydrogens is 426 g/mol. The summed E-state index contributed by atoms with van der Waals surface area (Å²) in [6.07, 6.45) is 2.86. The van der Waals surface area contributed by atoms with Gasteiger partial charge in [0, 0.05) is 31.2 Å². The van der Waals surface area contributed by atoms with Crippen molar-refractivity contribution in [1.29, 1.82) is 0 Å². The first kappa shape index (κ1) is 20.0. The van der Waals surface area contributed by atoms with Crippen LogP contribution >= 0.6 is 11.3 Å². The number of nitrogens with one attached hydrogen (secondary N) is 2. The highest BCUT2D eigenvalue weighted by Crippen LogP contribution is 2.23. The van der Waals surface area contributed by atoms with Crippen LogP contribution < -0.4 is 10.0 Å². The normalized spacial score (nSPS) is 14.1. The van der Waals surface area contributed by atoms with E-state index in [2.05, 4.69) is 20.0 Å². The van der Waals surface area contributed by atoms with E-state index in [1.54, 1.807) is 17.0 Å². The molecule has 0 radical (unpaired) electrons. The number of hydrogen-bond donors (Lipinski definition) is 2. The van der Waals surface area contributed by atoms with Crippen LogP contribution in [-0.4, -0.2) is 48.2 Å². The minimum Gasteiger partial charge on any atom is -0.336 e. The Hall–Kier alpha value is -3.31. The Morgan fingerprint density at radius 2 is 1.73 bits per heavy atom. The molecule has 2 N–H and O–H groups in total. The zero-order valence-corrected chi connectivity index (χ0v) is 17.2. The van der Waals surface area contributed by atoms with Crippen LogP contribution in [0.15, 0.2) is 65.1 Å². The summed E-state index contributed by atoms with van der Waals surface area (Å²) in [5.41, 5.74) is 0.470. The first-order valence-corrected chi connectivity index (χ1v) is 11.3. The van der Waals surface area contributed by atoms with Crippen molar-refractivity contribution in [1.82, 2.24) is 14.9 Å². The maximum atomic E-state index is 12.4. The molecule has 0 saturated carbocycles. The molecular formula is C19H17N5O4S2. The van der Waals surface area contributed by atoms with E-state index in [0.29, 0.717) is 23.7 Å². The Kier molecular flexibility index (Phi) is 5.46. The van der Waals surface area contributed by atoms with E-state index < -0.39 is 10.0 Å². The molecule has 0 atom stereocenters. The van der Waals surface area contributed by atoms with Gasteiger partial charge in [-0.2, -0.15) is 0 Å². The van der Waals surface area contributed by atoms with Gasteiger partial charge in [-0.15, -0.1) is 11.3 Å². The molecule has 9 nitrogen and oxygen atoms in total. The summed E-state index contributed by atoms with van der Waals surface area (Å²) >= 11 is 1.37. The van der Waals surface area contributed by atoms with Crippen LogP contribution in [-0.2, 0) is 14.8 Å². The van der Waals surface area contributed by atoms with E-state index in [1.165, 1.54) is 48.0 Å². The van der Waals surface area contributed by atoms with Crippen molar-refractivity contribution in [2.24, 2.45) is 5.92 Å². The first-order valence-electron chi connectivity index (χ1n) is 8.96. The molecule has 3 aromatic rings. The lowest BCUT2D eigenvalue weighted by Crippen LogP contribution is -2.54. The number of aromatic nitrogens is 2. The lowest BCUT2D eigenvalue weighted by molar-refractivity contribution is -0.123. The fraction of sp³-hybridized carbons (Fsp3) is 0.158. The summed E-state index contributed by atoms with van der Waals surface area (Å²) in [6.45, 7) is 0.714. The van der Waals surface area contributed by atoms with Crippen molar-refractivity contribution in [2.75, 3.05) is 23.1 Å². The van der Waals surface area contributed by atoms with Gasteiger partial charge in [-0.05, 0) is 41.8 Å². The summed E-state index contributed by atoms with van der Waals surface area (Å²) in [6, 6.07) is 10.9. The second kappa shape index (κ2) is 8.20. The largest absolute Gasteiger partial charge is 0.336 e. The molecule has 154 valence electrons. The van der Waals surface area contributed by atoms with E-state index >= 15 is 0 Å². The minimum atomic E-state index is -3.84. The van der Waals surface area contributed by atoms with Gasteiger partial charge in [0.25, 0.3) is 15.9 Å². The SMILES string of the molecule is O=C(Nc1ccc(S(=O)(=O)Nc2ncccn2)cc1)C1CN(C(=O)c2cccs2)C1. The van der Waals surface area contributed by atoms with Crippen LogP contribution in [0.5, 0.6) is 0 Å². The predicted molar refractivity (Wildman–Crippen MR) is 112 cm³/mol. The Labute approximate surface area is 176 Å². The molecule has 1 aliphatic heterocycles. The van der Waals surface area contributed by atoms with Gasteiger partial charge in [0.1, 0.15) is 0 Å². The van der Waals surface area contributed by atoms with E-state index in [0.717, 1.165) is 0 Å². The van der Waals surface area contributed by atoms with E-state index in [-0.39, 0.29) is 28.6 Å². The van der Waals surface area contributed by atoms with Gasteiger partial charge < -0.3 is 10.2 Å². The number of benzene rings is 1. The van der Waals surface area contributed by atoms with Crippen molar-refractivity contribution in [3.8, 4) is 0 Å². The summed E-state index contributed by atoms with van der Waals surface area (Å²) in [5.74, 6) is -0.606. The van der Waals surface area contributed by atoms with Crippen molar-refractivity contribution in [2.45, 2.75) is 4.90 Å². The average molecular weight is 444 g/mol. The van der Waals surface area contributed by atoms with Crippen molar-refractivity contribution >= 4 is 44.8 Å². The Balaban J connectivity index is 1.33. The van der Waals surface area contributed by atoms with Gasteiger partial charge in [-0.1, -0.05) is 6.07 Å². The van der Waals surface area contributed by atoms with Gasteiger partial charge in [0.2, 0.25) is 11.9 Å². The van der Waals surface area contributed by atoms with Crippen LogP contribution in [0, 0.1) is 5.92 Å². The molecule has 1 saturated heterocycles. The number of carbonyl (C=O) groups is 2. The van der Waals surface area contributed by atoms with Crippen molar-refractivity contribution in [3.63, 3.8) is 0 Å². The topological polar surface area (TPSA) is 121 Å². The number of sulfonamides is 1. The van der Waals surface area contributed by atoms with Gasteiger partial charge in [-0.3, -0.25) is 9.59 Å². The Morgan fingerprint density at radius 1 is 1.03 bits per heavy atom. The molecule has 1 fully saturated rings. The lowest BCUT2D eigenvalue weighted by Gasteiger charge is -2.37. The molecule has 11 heteroatoms. The Bertz CT molecular complexity index is 1140. The van der Waals surface area contributed by atoms with Crippen molar-refractivity contribution in [3.05, 3.63) is 65.1 Å². The smallest absolute Gasteiger partial charge is 0.264 e. The molecule has 1 aromatic carbocycles. The zero-order valence-electron chi connectivity index (χ0n) is 15.6. The van der Waals surface area contributed by atoms with Crippen LogP contribution in [0.1, 0.15) is 9.67 Å². The summed E-state index contributed by atoms with van der Waals surface area (Å²) < 4.78 is 27.0. The molecule has 0 aliphatic carbocycles. The maximum Gasteiger partial charge on any atom is 0.264 e. The van der Waals surface area contributed by atoms with Crippen LogP contribution in [0.3, 0.4) is 0 Å². The predicted octanol–water partition coefficient (Wildman–Crippen LogP) is 2.05. The third-order valence-corrected chi connectivity index (χ3v) is 6.70. The average Bonchev–Trinajstić information content (AvgIpc) is 3.22. The van der Waals surface area contributed by atoms with E-state index in [1.807, 2.05) is 11.4 Å². The maximum absolute atomic E-state index is 12.4. The molecule has 2 amide bonds. The summed E-state index contributed by atoms with van der Waals surface area (Å²) in [7, 11) is -3.84. The number of amides is 2. The molecule has 30 heavy (non-hydrogen) atoms. The molecule has 4 rings (SSSR count). The minimum absolute atomic E-state index is 0.0179. The number of carbonyl (C=O) groups excluding carboxylic acids is 2. The van der Waals surface area contributed by atoms with Crippen LogP contribution in [0.2, 0.25) is 0 Å². The molecule has 3 heterocycles. The van der Waals surface area contributed by atoms with E-state index in [4.69, 9.17) is 0 Å². The van der Waals surface area contributed by atoms with Crippen molar-refractivity contribution < 1.29 is 18.0 Å². The number of rotatable bonds is 6. The van der Waals surface area contributed by atoms with Gasteiger partial charge in [0.15, 0.2) is 0 Å². The standard InChI is InChI=1S/C19H17N5O4S2/c25-17(13-11-24(12-13)18(26)16-3-1-10-29-16)22-14-4-6-15(7-5-14)30(27,28)23-19-20-8-2-9-21-19/h1-10,13H,11-12H2,(H,22,25)(H,20,21,23). The molecule has 0 unspecified atom stereocenters. The fourth-order valence-corrected chi connectivity index (χ4v) is 4.51. The van der Waals surface area contributed by atoms with Gasteiger partial charge in [-0.25, -0.2) is 23.1 Å². The molecule has 0 bridgehead atoms. The van der Waals surface area contributed by atoms with Crippen LogP contribution in [0.4, 0.5) is 11.6 Å². The van der Waals surface area contributed by atoms with Gasteiger partial charge >= 0.3 is 0 Å². The molecule has 1 aliphatic rings. The number of thiophene rings is 1. The lowest BCUT2D eigenvalue weighted by atomic mass is 9.98. The number of hydrogen-bond acceptors (Lipinski definition) is 7. The highest BCUT2D eigenvalue weighted by atomic mass is 32.2. The number of anilines is 2.